The van der Waals surface area contributed by atoms with Crippen molar-refractivity contribution in [2.24, 2.45) is 11.3 Å². The van der Waals surface area contributed by atoms with Gasteiger partial charge in [0.2, 0.25) is 0 Å². The van der Waals surface area contributed by atoms with Crippen LogP contribution in [0, 0.1) is 11.3 Å². The minimum absolute atomic E-state index is 0.184. The van der Waals surface area contributed by atoms with Gasteiger partial charge in [-0.05, 0) is 29.7 Å². The summed E-state index contributed by atoms with van der Waals surface area (Å²) < 4.78 is 0. The van der Waals surface area contributed by atoms with Crippen molar-refractivity contribution in [1.29, 1.82) is 0 Å². The van der Waals surface area contributed by atoms with Crippen LogP contribution in [0.3, 0.4) is 0 Å². The predicted molar refractivity (Wildman–Crippen MR) is 76.5 cm³/mol. The van der Waals surface area contributed by atoms with Gasteiger partial charge in [-0.25, -0.2) is 0 Å². The molecule has 1 fully saturated rings. The second-order valence-electron chi connectivity index (χ2n) is 6.93. The van der Waals surface area contributed by atoms with Crippen LogP contribution in [0.25, 0.3) is 0 Å². The Morgan fingerprint density at radius 3 is 2.44 bits per heavy atom. The van der Waals surface area contributed by atoms with Crippen LogP contribution < -0.4 is 0 Å². The monoisotopic (exact) mass is 246 g/mol. The lowest BCUT2D eigenvalue weighted by molar-refractivity contribution is -0.0889. The molecule has 1 aliphatic carbocycles. The molecule has 1 nitrogen and oxygen atoms in total. The summed E-state index contributed by atoms with van der Waals surface area (Å²) in [5.74, 6) is 0.402. The normalized spacial score (nSPS) is 29.2. The van der Waals surface area contributed by atoms with Gasteiger partial charge in [-0.1, -0.05) is 63.9 Å². The predicted octanol–water partition coefficient (Wildman–Crippen LogP) is 4.20. The Morgan fingerprint density at radius 2 is 1.83 bits per heavy atom. The molecular formula is C17H26O. The van der Waals surface area contributed by atoms with Crippen LogP contribution in [0.4, 0.5) is 0 Å². The zero-order valence-corrected chi connectivity index (χ0v) is 11.9. The molecule has 0 aliphatic heterocycles. The Labute approximate surface area is 111 Å². The summed E-state index contributed by atoms with van der Waals surface area (Å²) in [5, 5.41) is 11.1. The summed E-state index contributed by atoms with van der Waals surface area (Å²) >= 11 is 0. The summed E-state index contributed by atoms with van der Waals surface area (Å²) in [5.41, 5.74) is 0.929. The number of rotatable bonds is 2. The van der Waals surface area contributed by atoms with Crippen molar-refractivity contribution in [2.75, 3.05) is 0 Å². The highest BCUT2D eigenvalue weighted by Crippen LogP contribution is 2.45. The Balaban J connectivity index is 2.21. The first-order valence-electron chi connectivity index (χ1n) is 7.18. The highest BCUT2D eigenvalue weighted by Gasteiger charge is 2.44. The van der Waals surface area contributed by atoms with Gasteiger partial charge in [-0.3, -0.25) is 0 Å². The fourth-order valence-electron chi connectivity index (χ4n) is 3.62. The van der Waals surface area contributed by atoms with Crippen molar-refractivity contribution in [2.45, 2.75) is 58.5 Å². The van der Waals surface area contributed by atoms with E-state index in [-0.39, 0.29) is 5.41 Å². The Hall–Kier alpha value is -0.820. The van der Waals surface area contributed by atoms with Crippen molar-refractivity contribution in [1.82, 2.24) is 0 Å². The molecule has 0 spiro atoms. The summed E-state index contributed by atoms with van der Waals surface area (Å²) in [6.07, 6.45) is 5.33. The van der Waals surface area contributed by atoms with Crippen molar-refractivity contribution in [3.05, 3.63) is 35.9 Å². The SMILES string of the molecule is CC(C)(C)C1CCCCC1(O)Cc1ccccc1. The highest BCUT2D eigenvalue weighted by atomic mass is 16.3. The molecule has 0 radical (unpaired) electrons. The molecule has 100 valence electrons. The van der Waals surface area contributed by atoms with E-state index in [0.29, 0.717) is 5.92 Å². The number of hydrogen-bond donors (Lipinski definition) is 1. The molecule has 0 aromatic heterocycles. The molecule has 1 aliphatic rings. The third-order valence-electron chi connectivity index (χ3n) is 4.40. The number of aliphatic hydroxyl groups is 1. The average Bonchev–Trinajstić information content (AvgIpc) is 2.28. The minimum Gasteiger partial charge on any atom is -0.389 e. The van der Waals surface area contributed by atoms with Gasteiger partial charge in [0.25, 0.3) is 0 Å². The van der Waals surface area contributed by atoms with E-state index in [4.69, 9.17) is 0 Å². The maximum absolute atomic E-state index is 11.1. The van der Waals surface area contributed by atoms with Crippen LogP contribution in [-0.4, -0.2) is 10.7 Å². The first-order valence-corrected chi connectivity index (χ1v) is 7.18. The molecule has 1 N–H and O–H groups in total. The average molecular weight is 246 g/mol. The quantitative estimate of drug-likeness (QED) is 0.829. The smallest absolute Gasteiger partial charge is 0.0720 e. The van der Waals surface area contributed by atoms with Crippen LogP contribution in [-0.2, 0) is 6.42 Å². The van der Waals surface area contributed by atoms with Crippen molar-refractivity contribution in [3.63, 3.8) is 0 Å². The van der Waals surface area contributed by atoms with Crippen LogP contribution in [0.5, 0.6) is 0 Å². The standard InChI is InChI=1S/C17H26O/c1-16(2,3)15-11-7-8-12-17(15,18)13-14-9-5-4-6-10-14/h4-6,9-10,15,18H,7-8,11-13H2,1-3H3. The first kappa shape index (κ1) is 13.6. The molecule has 0 saturated heterocycles. The Kier molecular flexibility index (Phi) is 3.82. The van der Waals surface area contributed by atoms with Gasteiger partial charge in [0.15, 0.2) is 0 Å². The zero-order chi connectivity index (χ0) is 13.2. The van der Waals surface area contributed by atoms with Crippen LogP contribution in [0.1, 0.15) is 52.0 Å². The van der Waals surface area contributed by atoms with E-state index in [1.54, 1.807) is 0 Å². The van der Waals surface area contributed by atoms with E-state index in [9.17, 15) is 5.11 Å². The van der Waals surface area contributed by atoms with Gasteiger partial charge in [0.1, 0.15) is 0 Å². The van der Waals surface area contributed by atoms with Crippen LogP contribution in [0.2, 0.25) is 0 Å². The van der Waals surface area contributed by atoms with Crippen molar-refractivity contribution in [3.8, 4) is 0 Å². The molecule has 1 aromatic carbocycles. The summed E-state index contributed by atoms with van der Waals surface area (Å²) in [6, 6.07) is 10.4. The van der Waals surface area contributed by atoms with E-state index < -0.39 is 5.60 Å². The van der Waals surface area contributed by atoms with Gasteiger partial charge in [-0.15, -0.1) is 0 Å². The lowest BCUT2D eigenvalue weighted by Crippen LogP contribution is -2.48. The first-order chi connectivity index (χ1) is 8.42. The minimum atomic E-state index is -0.516. The van der Waals surface area contributed by atoms with E-state index in [2.05, 4.69) is 45.0 Å². The number of benzene rings is 1. The van der Waals surface area contributed by atoms with Gasteiger partial charge in [-0.2, -0.15) is 0 Å². The Morgan fingerprint density at radius 1 is 1.17 bits per heavy atom. The van der Waals surface area contributed by atoms with Crippen molar-refractivity contribution < 1.29 is 5.11 Å². The molecule has 2 rings (SSSR count). The van der Waals surface area contributed by atoms with E-state index in [1.807, 2.05) is 6.07 Å². The zero-order valence-electron chi connectivity index (χ0n) is 11.9. The molecule has 0 amide bonds. The molecule has 1 aromatic rings. The maximum atomic E-state index is 11.1. The fourth-order valence-corrected chi connectivity index (χ4v) is 3.62. The molecular weight excluding hydrogens is 220 g/mol. The molecule has 1 saturated carbocycles. The van der Waals surface area contributed by atoms with E-state index in [0.717, 1.165) is 25.7 Å². The third-order valence-corrected chi connectivity index (χ3v) is 4.40. The van der Waals surface area contributed by atoms with Gasteiger partial charge < -0.3 is 5.11 Å². The Bertz CT molecular complexity index is 376. The fraction of sp³-hybridized carbons (Fsp3) is 0.647. The van der Waals surface area contributed by atoms with Gasteiger partial charge in [0.05, 0.1) is 5.60 Å². The largest absolute Gasteiger partial charge is 0.389 e. The van der Waals surface area contributed by atoms with Gasteiger partial charge >= 0.3 is 0 Å². The molecule has 2 unspecified atom stereocenters. The van der Waals surface area contributed by atoms with E-state index in [1.165, 1.54) is 12.0 Å². The highest BCUT2D eigenvalue weighted by molar-refractivity contribution is 5.18. The molecule has 0 heterocycles. The molecule has 18 heavy (non-hydrogen) atoms. The topological polar surface area (TPSA) is 20.2 Å². The van der Waals surface area contributed by atoms with E-state index >= 15 is 0 Å². The second kappa shape index (κ2) is 5.05. The lowest BCUT2D eigenvalue weighted by atomic mass is 9.62. The van der Waals surface area contributed by atoms with Crippen LogP contribution in [0.15, 0.2) is 30.3 Å². The van der Waals surface area contributed by atoms with Crippen LogP contribution >= 0.6 is 0 Å². The van der Waals surface area contributed by atoms with Crippen molar-refractivity contribution >= 4 is 0 Å². The second-order valence-corrected chi connectivity index (χ2v) is 6.93. The number of hydrogen-bond acceptors (Lipinski definition) is 1. The molecule has 1 heteroatoms. The third kappa shape index (κ3) is 2.95. The maximum Gasteiger partial charge on any atom is 0.0720 e. The summed E-state index contributed by atoms with van der Waals surface area (Å²) in [4.78, 5) is 0. The summed E-state index contributed by atoms with van der Waals surface area (Å²) in [7, 11) is 0. The molecule has 0 bridgehead atoms. The molecule has 2 atom stereocenters. The lowest BCUT2D eigenvalue weighted by Gasteiger charge is -2.47. The van der Waals surface area contributed by atoms with Gasteiger partial charge in [0, 0.05) is 6.42 Å². The summed E-state index contributed by atoms with van der Waals surface area (Å²) in [6.45, 7) is 6.79.